The topological polar surface area (TPSA) is 102 Å². The fourth-order valence-electron chi connectivity index (χ4n) is 1.40. The minimum atomic E-state index is -1.11. The lowest BCUT2D eigenvalue weighted by atomic mass is 10.1. The molecule has 0 amide bonds. The van der Waals surface area contributed by atoms with Gasteiger partial charge in [-0.2, -0.15) is 0 Å². The average Bonchev–Trinajstić information content (AvgIpc) is 2.36. The highest BCUT2D eigenvalue weighted by Crippen LogP contribution is 2.30. The molecule has 0 bridgehead atoms. The average molecular weight is 255 g/mol. The molecule has 1 rings (SSSR count). The number of hydrogen-bond acceptors (Lipinski definition) is 5. The fourth-order valence-corrected chi connectivity index (χ4v) is 1.40. The Hall–Kier alpha value is -1.79. The van der Waals surface area contributed by atoms with E-state index in [-0.39, 0.29) is 13.2 Å². The van der Waals surface area contributed by atoms with E-state index < -0.39 is 12.0 Å². The van der Waals surface area contributed by atoms with Crippen LogP contribution in [-0.2, 0) is 4.79 Å². The van der Waals surface area contributed by atoms with Gasteiger partial charge in [-0.1, -0.05) is 6.07 Å². The third kappa shape index (κ3) is 3.61. The molecule has 0 heterocycles. The van der Waals surface area contributed by atoms with Gasteiger partial charge in [0.15, 0.2) is 11.5 Å². The Bertz CT molecular complexity index is 407. The number of aliphatic hydroxyl groups is 1. The fraction of sp³-hybridized carbons (Fsp3) is 0.417. The molecule has 0 radical (unpaired) electrons. The van der Waals surface area contributed by atoms with Gasteiger partial charge in [0.2, 0.25) is 0 Å². The Morgan fingerprint density at radius 3 is 2.67 bits per heavy atom. The van der Waals surface area contributed by atoms with Crippen LogP contribution in [0.2, 0.25) is 0 Å². The molecule has 6 heteroatoms. The second-order valence-corrected chi connectivity index (χ2v) is 3.53. The van der Waals surface area contributed by atoms with Crippen molar-refractivity contribution in [2.24, 2.45) is 5.73 Å². The van der Waals surface area contributed by atoms with Crippen molar-refractivity contribution < 1.29 is 24.5 Å². The predicted molar refractivity (Wildman–Crippen MR) is 64.8 cm³/mol. The van der Waals surface area contributed by atoms with Gasteiger partial charge in [-0.05, 0) is 24.6 Å². The van der Waals surface area contributed by atoms with E-state index in [4.69, 9.17) is 25.4 Å². The lowest BCUT2D eigenvalue weighted by Gasteiger charge is -2.14. The van der Waals surface area contributed by atoms with Crippen LogP contribution in [0.1, 0.15) is 18.5 Å². The summed E-state index contributed by atoms with van der Waals surface area (Å²) in [5.74, 6) is -0.242. The first kappa shape index (κ1) is 14.3. The van der Waals surface area contributed by atoms with E-state index in [9.17, 15) is 4.79 Å². The second-order valence-electron chi connectivity index (χ2n) is 3.53. The first-order valence-electron chi connectivity index (χ1n) is 5.59. The minimum Gasteiger partial charge on any atom is -0.490 e. The zero-order valence-corrected chi connectivity index (χ0v) is 10.1. The van der Waals surface area contributed by atoms with E-state index in [0.29, 0.717) is 23.7 Å². The Balaban J connectivity index is 2.98. The molecule has 0 aliphatic heterocycles. The maximum absolute atomic E-state index is 10.8. The summed E-state index contributed by atoms with van der Waals surface area (Å²) in [6.07, 6.45) is 0. The van der Waals surface area contributed by atoms with Gasteiger partial charge in [0.05, 0.1) is 13.2 Å². The molecule has 0 aliphatic carbocycles. The van der Waals surface area contributed by atoms with Gasteiger partial charge < -0.3 is 25.4 Å². The lowest BCUT2D eigenvalue weighted by molar-refractivity contribution is -0.138. The maximum Gasteiger partial charge on any atom is 0.325 e. The van der Waals surface area contributed by atoms with Crippen molar-refractivity contribution in [2.45, 2.75) is 13.0 Å². The van der Waals surface area contributed by atoms with E-state index in [1.165, 1.54) is 6.07 Å². The van der Waals surface area contributed by atoms with Gasteiger partial charge in [-0.25, -0.2) is 0 Å². The smallest absolute Gasteiger partial charge is 0.325 e. The first-order valence-corrected chi connectivity index (χ1v) is 5.59. The van der Waals surface area contributed by atoms with Gasteiger partial charge in [0.25, 0.3) is 0 Å². The van der Waals surface area contributed by atoms with Crippen LogP contribution in [0.4, 0.5) is 0 Å². The number of ether oxygens (including phenoxy) is 2. The number of rotatable bonds is 7. The number of aliphatic carboxylic acids is 1. The molecule has 0 spiro atoms. The first-order chi connectivity index (χ1) is 8.60. The summed E-state index contributed by atoms with van der Waals surface area (Å²) in [7, 11) is 0. The van der Waals surface area contributed by atoms with Crippen molar-refractivity contribution in [3.63, 3.8) is 0 Å². The third-order valence-corrected chi connectivity index (χ3v) is 2.24. The van der Waals surface area contributed by atoms with E-state index in [0.717, 1.165) is 0 Å². The summed E-state index contributed by atoms with van der Waals surface area (Å²) < 4.78 is 10.6. The monoisotopic (exact) mass is 255 g/mol. The van der Waals surface area contributed by atoms with Crippen molar-refractivity contribution in [2.75, 3.05) is 19.8 Å². The quantitative estimate of drug-likeness (QED) is 0.657. The zero-order valence-electron chi connectivity index (χ0n) is 10.1. The maximum atomic E-state index is 10.8. The predicted octanol–water partition coefficient (Wildman–Crippen LogP) is 0.541. The molecule has 100 valence electrons. The molecule has 6 nitrogen and oxygen atoms in total. The summed E-state index contributed by atoms with van der Waals surface area (Å²) in [6.45, 7) is 2.26. The summed E-state index contributed by atoms with van der Waals surface area (Å²) >= 11 is 0. The Morgan fingerprint density at radius 2 is 2.11 bits per heavy atom. The van der Waals surface area contributed by atoms with Crippen molar-refractivity contribution >= 4 is 5.97 Å². The number of benzene rings is 1. The zero-order chi connectivity index (χ0) is 13.5. The van der Waals surface area contributed by atoms with Crippen molar-refractivity contribution in [3.8, 4) is 11.5 Å². The second kappa shape index (κ2) is 6.83. The summed E-state index contributed by atoms with van der Waals surface area (Å²) in [6, 6.07) is 3.58. The van der Waals surface area contributed by atoms with Crippen LogP contribution in [0.3, 0.4) is 0 Å². The van der Waals surface area contributed by atoms with Crippen LogP contribution in [-0.4, -0.2) is 36.0 Å². The Labute approximate surface area is 105 Å². The van der Waals surface area contributed by atoms with Crippen LogP contribution in [0.5, 0.6) is 11.5 Å². The normalized spacial score (nSPS) is 11.9. The Kier molecular flexibility index (Phi) is 5.41. The van der Waals surface area contributed by atoms with E-state index in [1.807, 2.05) is 0 Å². The van der Waals surface area contributed by atoms with Gasteiger partial charge in [0.1, 0.15) is 12.6 Å². The molecule has 1 atom stereocenters. The molecule has 18 heavy (non-hydrogen) atoms. The molecule has 0 unspecified atom stereocenters. The van der Waals surface area contributed by atoms with Crippen LogP contribution >= 0.6 is 0 Å². The number of aliphatic hydroxyl groups excluding tert-OH is 1. The third-order valence-electron chi connectivity index (χ3n) is 2.24. The lowest BCUT2D eigenvalue weighted by Crippen LogP contribution is -2.20. The number of hydrogen-bond donors (Lipinski definition) is 3. The standard InChI is InChI=1S/C12H17NO5/c1-2-17-10-7-8(11(13)12(15)16)3-4-9(10)18-6-5-14/h3-4,7,11,14H,2,5-6,13H2,1H3,(H,15,16)/t11-/m0/s1. The van der Waals surface area contributed by atoms with Crippen molar-refractivity contribution in [1.82, 2.24) is 0 Å². The van der Waals surface area contributed by atoms with Gasteiger partial charge in [-0.15, -0.1) is 0 Å². The van der Waals surface area contributed by atoms with E-state index in [2.05, 4.69) is 0 Å². The van der Waals surface area contributed by atoms with Gasteiger partial charge in [0, 0.05) is 0 Å². The highest BCUT2D eigenvalue weighted by molar-refractivity contribution is 5.75. The van der Waals surface area contributed by atoms with Crippen LogP contribution < -0.4 is 15.2 Å². The van der Waals surface area contributed by atoms with Gasteiger partial charge >= 0.3 is 5.97 Å². The molecule has 1 aromatic rings. The molecule has 0 saturated heterocycles. The number of carboxylic acid groups (broad SMARTS) is 1. The summed E-state index contributed by atoms with van der Waals surface area (Å²) in [5, 5.41) is 17.5. The SMILES string of the molecule is CCOc1cc([C@H](N)C(=O)O)ccc1OCCO. The summed E-state index contributed by atoms with van der Waals surface area (Å²) in [4.78, 5) is 10.8. The van der Waals surface area contributed by atoms with Gasteiger partial charge in [-0.3, -0.25) is 4.79 Å². The van der Waals surface area contributed by atoms with Crippen molar-refractivity contribution in [3.05, 3.63) is 23.8 Å². The van der Waals surface area contributed by atoms with Crippen LogP contribution in [0, 0.1) is 0 Å². The van der Waals surface area contributed by atoms with Crippen molar-refractivity contribution in [1.29, 1.82) is 0 Å². The minimum absolute atomic E-state index is 0.109. The molecule has 1 aromatic carbocycles. The molecule has 4 N–H and O–H groups in total. The number of carboxylic acids is 1. The Morgan fingerprint density at radius 1 is 1.39 bits per heavy atom. The summed E-state index contributed by atoms with van der Waals surface area (Å²) in [5.41, 5.74) is 5.95. The van der Waals surface area contributed by atoms with E-state index >= 15 is 0 Å². The molecular formula is C12H17NO5. The highest BCUT2D eigenvalue weighted by atomic mass is 16.5. The number of nitrogens with two attached hydrogens (primary N) is 1. The van der Waals surface area contributed by atoms with Crippen LogP contribution in [0.25, 0.3) is 0 Å². The molecular weight excluding hydrogens is 238 g/mol. The molecule has 0 fully saturated rings. The highest BCUT2D eigenvalue weighted by Gasteiger charge is 2.16. The van der Waals surface area contributed by atoms with Crippen LogP contribution in [0.15, 0.2) is 18.2 Å². The molecule has 0 aromatic heterocycles. The van der Waals surface area contributed by atoms with E-state index in [1.54, 1.807) is 19.1 Å². The molecule has 0 saturated carbocycles. The molecule has 0 aliphatic rings. The number of carbonyl (C=O) groups is 1. The largest absolute Gasteiger partial charge is 0.490 e.